The van der Waals surface area contributed by atoms with E-state index in [4.69, 9.17) is 0 Å². The minimum Gasteiger partial charge on any atom is -0.378 e. The number of nitrogens with zero attached hydrogens (tertiary/aromatic N) is 3. The molecule has 0 saturated carbocycles. The number of aromatic nitrogens is 2. The number of anilines is 1. The summed E-state index contributed by atoms with van der Waals surface area (Å²) in [5, 5.41) is 0. The maximum absolute atomic E-state index is 2.39. The molecule has 0 aliphatic heterocycles. The largest absolute Gasteiger partial charge is 0.378 e. The summed E-state index contributed by atoms with van der Waals surface area (Å²) in [4.78, 5) is 2.13. The van der Waals surface area contributed by atoms with Gasteiger partial charge in [-0.15, -0.1) is 0 Å². The summed E-state index contributed by atoms with van der Waals surface area (Å²) in [6.07, 6.45) is 23.7. The highest BCUT2D eigenvalue weighted by Gasteiger charge is 2.08. The molecule has 0 spiro atoms. The van der Waals surface area contributed by atoms with E-state index in [9.17, 15) is 0 Å². The number of aryl methyl sites for hydroxylation is 2. The number of unbranched alkanes of at least 4 members (excludes halogenated alkanes) is 6. The molecule has 0 aliphatic rings. The van der Waals surface area contributed by atoms with E-state index in [0.29, 0.717) is 5.92 Å². The first kappa shape index (κ1) is 37.5. The Bertz CT molecular complexity index is 1410. The molecule has 3 nitrogen and oxygen atoms in total. The van der Waals surface area contributed by atoms with Gasteiger partial charge < -0.3 is 4.90 Å². The third-order valence-corrected chi connectivity index (χ3v) is 11.3. The van der Waals surface area contributed by atoms with Gasteiger partial charge in [0.25, 0.3) is 0 Å². The van der Waals surface area contributed by atoms with Crippen LogP contribution in [-0.4, -0.2) is 25.6 Å². The minimum absolute atomic E-state index is 0.573. The molecule has 0 bridgehead atoms. The first-order valence-electron chi connectivity index (χ1n) is 17.9. The monoisotopic (exact) mass is 679 g/mol. The highest BCUT2D eigenvalue weighted by molar-refractivity contribution is 8.76. The van der Waals surface area contributed by atoms with Crippen LogP contribution >= 0.6 is 21.6 Å². The third kappa shape index (κ3) is 13.7. The van der Waals surface area contributed by atoms with Crippen molar-refractivity contribution in [3.63, 3.8) is 0 Å². The van der Waals surface area contributed by atoms with Gasteiger partial charge in [-0.3, -0.25) is 0 Å². The summed E-state index contributed by atoms with van der Waals surface area (Å²) in [6, 6.07) is 30.6. The van der Waals surface area contributed by atoms with Crippen LogP contribution in [0.25, 0.3) is 24.3 Å². The quantitative estimate of drug-likeness (QED) is 0.0493. The Labute approximate surface area is 299 Å². The first-order valence-corrected chi connectivity index (χ1v) is 20.4. The molecule has 0 N–H and O–H groups in total. The van der Waals surface area contributed by atoms with Crippen molar-refractivity contribution < 1.29 is 9.13 Å². The van der Waals surface area contributed by atoms with Crippen LogP contribution in [0, 0.1) is 0 Å². The van der Waals surface area contributed by atoms with Gasteiger partial charge in [0.2, 0.25) is 11.4 Å². The smallest absolute Gasteiger partial charge is 0.205 e. The minimum atomic E-state index is 0.573. The van der Waals surface area contributed by atoms with E-state index in [-0.39, 0.29) is 0 Å². The second-order valence-electron chi connectivity index (χ2n) is 13.1. The second kappa shape index (κ2) is 21.6. The molecule has 0 radical (unpaired) electrons. The van der Waals surface area contributed by atoms with Gasteiger partial charge in [-0.25, -0.2) is 0 Å². The number of benzene rings is 2. The number of pyridine rings is 2. The van der Waals surface area contributed by atoms with Crippen molar-refractivity contribution in [1.29, 1.82) is 0 Å². The van der Waals surface area contributed by atoms with Crippen LogP contribution in [0.3, 0.4) is 0 Å². The van der Waals surface area contributed by atoms with E-state index in [1.807, 2.05) is 0 Å². The van der Waals surface area contributed by atoms with E-state index < -0.39 is 0 Å². The molecule has 0 unspecified atom stereocenters. The van der Waals surface area contributed by atoms with Gasteiger partial charge in [-0.1, -0.05) is 84.7 Å². The maximum atomic E-state index is 2.39. The lowest BCUT2D eigenvalue weighted by molar-refractivity contribution is -0.699. The molecule has 2 heterocycles. The molecule has 0 amide bonds. The van der Waals surface area contributed by atoms with Crippen molar-refractivity contribution in [1.82, 2.24) is 0 Å². The van der Waals surface area contributed by atoms with Crippen LogP contribution in [0.2, 0.25) is 0 Å². The van der Waals surface area contributed by atoms with Gasteiger partial charge in [0, 0.05) is 80.5 Å². The highest BCUT2D eigenvalue weighted by atomic mass is 33.1. The zero-order valence-corrected chi connectivity index (χ0v) is 31.4. The normalized spacial score (nSPS) is 11.7. The van der Waals surface area contributed by atoms with Gasteiger partial charge in [0.1, 0.15) is 13.1 Å². The molecule has 254 valence electrons. The molecule has 0 aliphatic carbocycles. The third-order valence-electron chi connectivity index (χ3n) is 8.69. The fraction of sp³-hybridized carbons (Fsp3) is 0.395. The van der Waals surface area contributed by atoms with E-state index >= 15 is 0 Å². The fourth-order valence-corrected chi connectivity index (χ4v) is 7.93. The van der Waals surface area contributed by atoms with Crippen LogP contribution in [0.1, 0.15) is 99.2 Å². The maximum Gasteiger partial charge on any atom is 0.205 e. The SMILES string of the molecule is CC(C)c1ccc(/C=C/c2cccc[n+]2CCCCCCSSCCCCCC[n+]2ccccc2/C=C/c2ccc(N(C)C)cc2)cc1. The zero-order chi connectivity index (χ0) is 33.8. The van der Waals surface area contributed by atoms with Gasteiger partial charge in [-0.2, -0.15) is 9.13 Å². The Morgan fingerprint density at radius 2 is 1.00 bits per heavy atom. The Hall–Kier alpha value is -3.28. The molecule has 0 atom stereocenters. The van der Waals surface area contributed by atoms with Crippen molar-refractivity contribution in [2.75, 3.05) is 30.5 Å². The molecule has 2 aromatic carbocycles. The summed E-state index contributed by atoms with van der Waals surface area (Å²) in [6.45, 7) is 6.65. The summed E-state index contributed by atoms with van der Waals surface area (Å²) < 4.78 is 4.78. The molecular formula is C43H57N3S2+2. The summed E-state index contributed by atoms with van der Waals surface area (Å²) >= 11 is 0. The van der Waals surface area contributed by atoms with E-state index in [2.05, 4.69) is 185 Å². The predicted molar refractivity (Wildman–Crippen MR) is 214 cm³/mol. The van der Waals surface area contributed by atoms with Crippen LogP contribution in [0.15, 0.2) is 97.3 Å². The fourth-order valence-electron chi connectivity index (χ4n) is 5.64. The molecule has 48 heavy (non-hydrogen) atoms. The molecule has 4 rings (SSSR count). The lowest BCUT2D eigenvalue weighted by Crippen LogP contribution is -2.36. The number of rotatable bonds is 21. The van der Waals surface area contributed by atoms with Gasteiger partial charge in [0.15, 0.2) is 12.4 Å². The molecule has 5 heteroatoms. The van der Waals surface area contributed by atoms with E-state index in [0.717, 1.165) is 13.1 Å². The Balaban J connectivity index is 1.01. The molecule has 2 aromatic heterocycles. The topological polar surface area (TPSA) is 11.0 Å². The zero-order valence-electron chi connectivity index (χ0n) is 29.8. The van der Waals surface area contributed by atoms with Crippen molar-refractivity contribution in [3.05, 3.63) is 125 Å². The van der Waals surface area contributed by atoms with Crippen LogP contribution in [0.5, 0.6) is 0 Å². The molecule has 4 aromatic rings. The average molecular weight is 680 g/mol. The Morgan fingerprint density at radius 1 is 0.542 bits per heavy atom. The lowest BCUT2D eigenvalue weighted by Gasteiger charge is -2.11. The summed E-state index contributed by atoms with van der Waals surface area (Å²) in [7, 11) is 8.30. The number of hydrogen-bond acceptors (Lipinski definition) is 3. The van der Waals surface area contributed by atoms with Crippen molar-refractivity contribution in [2.24, 2.45) is 0 Å². The standard InChI is InChI=1S/C43H57N3S2/c1-37(2)40-25-19-38(20-26-40)23-29-42-17-9-13-33-45(42)31-11-5-7-15-35-47-48-36-16-8-6-12-32-46-34-14-10-18-43(46)30-24-39-21-27-41(28-22-39)44(3)4/h9-10,13-14,17-30,33-34,37H,5-8,11-12,15-16,31-32,35-36H2,1-4H3/q+2/b29-23+. The van der Waals surface area contributed by atoms with E-state index in [1.54, 1.807) is 0 Å². The lowest BCUT2D eigenvalue weighted by atomic mass is 10.0. The molecule has 0 saturated heterocycles. The summed E-state index contributed by atoms with van der Waals surface area (Å²) in [5.41, 5.74) is 7.65. The first-order chi connectivity index (χ1) is 23.5. The van der Waals surface area contributed by atoms with E-state index in [1.165, 1.54) is 96.6 Å². The Kier molecular flexibility index (Phi) is 16.9. The Morgan fingerprint density at radius 3 is 1.46 bits per heavy atom. The van der Waals surface area contributed by atoms with Crippen molar-refractivity contribution in [2.45, 2.75) is 84.2 Å². The van der Waals surface area contributed by atoms with Gasteiger partial charge >= 0.3 is 0 Å². The van der Waals surface area contributed by atoms with Gasteiger partial charge in [-0.05, 0) is 84.7 Å². The van der Waals surface area contributed by atoms with Crippen LogP contribution in [-0.2, 0) is 13.1 Å². The molecular weight excluding hydrogens is 623 g/mol. The van der Waals surface area contributed by atoms with Gasteiger partial charge in [0.05, 0.1) is 0 Å². The average Bonchev–Trinajstić information content (AvgIpc) is 3.11. The summed E-state index contributed by atoms with van der Waals surface area (Å²) in [5.74, 6) is 3.11. The molecule has 0 fully saturated rings. The second-order valence-corrected chi connectivity index (χ2v) is 15.8. The predicted octanol–water partition coefficient (Wildman–Crippen LogP) is 11.0. The van der Waals surface area contributed by atoms with Crippen molar-refractivity contribution in [3.8, 4) is 0 Å². The van der Waals surface area contributed by atoms with Crippen LogP contribution < -0.4 is 14.0 Å². The highest BCUT2D eigenvalue weighted by Crippen LogP contribution is 2.24. The number of hydrogen-bond donors (Lipinski definition) is 0. The van der Waals surface area contributed by atoms with Crippen molar-refractivity contribution >= 4 is 51.6 Å². The van der Waals surface area contributed by atoms with Crippen LogP contribution in [0.4, 0.5) is 5.69 Å².